The fourth-order valence-corrected chi connectivity index (χ4v) is 2.76. The highest BCUT2D eigenvalue weighted by atomic mass is 35.5. The van der Waals surface area contributed by atoms with Crippen LogP contribution >= 0.6 is 11.6 Å². The van der Waals surface area contributed by atoms with E-state index in [1.54, 1.807) is 0 Å². The maximum Gasteiger partial charge on any atom is 0.150 e. The number of benzene rings is 1. The summed E-state index contributed by atoms with van der Waals surface area (Å²) in [7, 11) is 0. The van der Waals surface area contributed by atoms with Crippen LogP contribution in [0.15, 0.2) is 30.3 Å². The Morgan fingerprint density at radius 1 is 1.29 bits per heavy atom. The van der Waals surface area contributed by atoms with E-state index >= 15 is 0 Å². The van der Waals surface area contributed by atoms with Crippen molar-refractivity contribution >= 4 is 11.6 Å². The van der Waals surface area contributed by atoms with Crippen LogP contribution in [-0.2, 0) is 13.0 Å². The minimum Gasteiger partial charge on any atom is -0.326 e. The van der Waals surface area contributed by atoms with Gasteiger partial charge in [0.2, 0.25) is 0 Å². The van der Waals surface area contributed by atoms with E-state index in [1.165, 1.54) is 12.1 Å². The quantitative estimate of drug-likeness (QED) is 0.749. The van der Waals surface area contributed by atoms with E-state index in [2.05, 4.69) is 28.6 Å². The number of rotatable bonds is 1. The van der Waals surface area contributed by atoms with Gasteiger partial charge in [0.15, 0.2) is 5.15 Å². The fraction of sp³-hybridized carbons (Fsp3) is 0.357. The largest absolute Gasteiger partial charge is 0.326 e. The van der Waals surface area contributed by atoms with Crippen molar-refractivity contribution in [3.05, 3.63) is 41.2 Å². The average Bonchev–Trinajstić information content (AvgIpc) is 2.67. The second-order valence-corrected chi connectivity index (χ2v) is 5.15. The van der Waals surface area contributed by atoms with Gasteiger partial charge in [-0.25, -0.2) is 4.98 Å². The van der Waals surface area contributed by atoms with Crippen LogP contribution < -0.4 is 0 Å². The van der Waals surface area contributed by atoms with E-state index in [4.69, 9.17) is 11.6 Å². The molecule has 1 aliphatic heterocycles. The minimum absolute atomic E-state index is 0.677. The molecule has 0 bridgehead atoms. The van der Waals surface area contributed by atoms with Gasteiger partial charge in [-0.3, -0.25) is 0 Å². The van der Waals surface area contributed by atoms with Crippen LogP contribution in [0.5, 0.6) is 0 Å². The highest BCUT2D eigenvalue weighted by Gasteiger charge is 2.22. The Morgan fingerprint density at radius 3 is 2.82 bits per heavy atom. The summed E-state index contributed by atoms with van der Waals surface area (Å²) in [6.45, 7) is 3.31. The molecule has 0 fully saturated rings. The van der Waals surface area contributed by atoms with Crippen molar-refractivity contribution in [2.45, 2.75) is 26.3 Å². The van der Waals surface area contributed by atoms with Crippen LogP contribution in [0.4, 0.5) is 0 Å². The normalized spacial score (nSPS) is 19.1. The molecule has 3 rings (SSSR count). The summed E-state index contributed by atoms with van der Waals surface area (Å²) in [5.74, 6) is 1.72. The van der Waals surface area contributed by atoms with Gasteiger partial charge in [0.25, 0.3) is 0 Å². The number of aromatic nitrogens is 2. The van der Waals surface area contributed by atoms with Crippen molar-refractivity contribution in [1.29, 1.82) is 0 Å². The zero-order chi connectivity index (χ0) is 11.8. The van der Waals surface area contributed by atoms with Crippen LogP contribution in [0.25, 0.3) is 11.4 Å². The van der Waals surface area contributed by atoms with Crippen molar-refractivity contribution in [3.63, 3.8) is 0 Å². The van der Waals surface area contributed by atoms with Crippen LogP contribution in [0.1, 0.15) is 19.0 Å². The molecule has 0 radical (unpaired) electrons. The summed E-state index contributed by atoms with van der Waals surface area (Å²) in [6.07, 6.45) is 2.25. The van der Waals surface area contributed by atoms with Gasteiger partial charge in [-0.05, 0) is 18.8 Å². The van der Waals surface area contributed by atoms with Gasteiger partial charge < -0.3 is 4.57 Å². The molecule has 1 aromatic heterocycles. The van der Waals surface area contributed by atoms with E-state index in [9.17, 15) is 0 Å². The first kappa shape index (κ1) is 10.8. The van der Waals surface area contributed by atoms with Crippen molar-refractivity contribution < 1.29 is 0 Å². The van der Waals surface area contributed by atoms with Crippen LogP contribution in [0.2, 0.25) is 5.15 Å². The zero-order valence-electron chi connectivity index (χ0n) is 9.86. The van der Waals surface area contributed by atoms with E-state index < -0.39 is 0 Å². The van der Waals surface area contributed by atoms with Gasteiger partial charge in [0.1, 0.15) is 5.82 Å². The molecule has 0 spiro atoms. The number of fused-ring (bicyclic) bond motifs is 1. The average molecular weight is 247 g/mol. The summed E-state index contributed by atoms with van der Waals surface area (Å²) >= 11 is 6.23. The molecule has 0 saturated carbocycles. The molecule has 3 heteroatoms. The molecule has 1 aliphatic rings. The van der Waals surface area contributed by atoms with E-state index in [0.29, 0.717) is 11.1 Å². The third-order valence-corrected chi connectivity index (χ3v) is 3.73. The Hall–Kier alpha value is -1.28. The van der Waals surface area contributed by atoms with Gasteiger partial charge in [-0.1, -0.05) is 48.9 Å². The zero-order valence-corrected chi connectivity index (χ0v) is 10.6. The van der Waals surface area contributed by atoms with Gasteiger partial charge in [-0.2, -0.15) is 0 Å². The number of hydrogen-bond acceptors (Lipinski definition) is 1. The fourth-order valence-electron chi connectivity index (χ4n) is 2.49. The predicted molar refractivity (Wildman–Crippen MR) is 70.2 cm³/mol. The van der Waals surface area contributed by atoms with Crippen LogP contribution in [0.3, 0.4) is 0 Å². The highest BCUT2D eigenvalue weighted by molar-refractivity contribution is 6.30. The lowest BCUT2D eigenvalue weighted by Gasteiger charge is -2.22. The molecule has 0 N–H and O–H groups in total. The Bertz CT molecular complexity index is 531. The second kappa shape index (κ2) is 4.19. The topological polar surface area (TPSA) is 17.8 Å². The van der Waals surface area contributed by atoms with E-state index in [-0.39, 0.29) is 0 Å². The van der Waals surface area contributed by atoms with Crippen LogP contribution in [0, 0.1) is 5.92 Å². The molecular weight excluding hydrogens is 232 g/mol. The number of imidazole rings is 1. The van der Waals surface area contributed by atoms with E-state index in [0.717, 1.165) is 24.4 Å². The first-order chi connectivity index (χ1) is 8.25. The molecule has 2 nitrogen and oxygen atoms in total. The first-order valence-corrected chi connectivity index (χ1v) is 6.44. The van der Waals surface area contributed by atoms with Gasteiger partial charge in [0.05, 0.1) is 5.69 Å². The molecular formula is C14H15ClN2. The van der Waals surface area contributed by atoms with Crippen molar-refractivity contribution in [3.8, 4) is 11.4 Å². The summed E-state index contributed by atoms with van der Waals surface area (Å²) in [5, 5.41) is 0.677. The highest BCUT2D eigenvalue weighted by Crippen LogP contribution is 2.31. The lowest BCUT2D eigenvalue weighted by atomic mass is 10.00. The molecule has 1 aromatic carbocycles. The summed E-state index contributed by atoms with van der Waals surface area (Å²) < 4.78 is 2.28. The molecule has 1 atom stereocenters. The monoisotopic (exact) mass is 246 g/mol. The van der Waals surface area contributed by atoms with Gasteiger partial charge in [-0.15, -0.1) is 0 Å². The Balaban J connectivity index is 2.13. The van der Waals surface area contributed by atoms with Crippen molar-refractivity contribution in [2.75, 3.05) is 0 Å². The number of hydrogen-bond donors (Lipinski definition) is 0. The van der Waals surface area contributed by atoms with Gasteiger partial charge >= 0.3 is 0 Å². The summed E-state index contributed by atoms with van der Waals surface area (Å²) in [6, 6.07) is 10.3. The smallest absolute Gasteiger partial charge is 0.150 e. The Kier molecular flexibility index (Phi) is 2.67. The Morgan fingerprint density at radius 2 is 2.06 bits per heavy atom. The maximum atomic E-state index is 6.23. The molecule has 0 amide bonds. The standard InChI is InChI=1S/C14H15ClN2/c1-10-7-8-12-13(15)16-14(17(12)9-10)11-5-3-2-4-6-11/h2-6,10H,7-9H2,1H3. The third kappa shape index (κ3) is 1.87. The second-order valence-electron chi connectivity index (χ2n) is 4.79. The first-order valence-electron chi connectivity index (χ1n) is 6.06. The molecule has 2 heterocycles. The molecule has 17 heavy (non-hydrogen) atoms. The third-order valence-electron chi connectivity index (χ3n) is 3.42. The van der Waals surface area contributed by atoms with E-state index in [1.807, 2.05) is 18.2 Å². The molecule has 88 valence electrons. The molecule has 0 saturated heterocycles. The number of halogens is 1. The molecule has 1 unspecified atom stereocenters. The SMILES string of the molecule is CC1CCc2c(Cl)nc(-c3ccccc3)n2C1. The summed E-state index contributed by atoms with van der Waals surface area (Å²) in [5.41, 5.74) is 2.35. The predicted octanol–water partition coefficient (Wildman–Crippen LogP) is 3.79. The molecule has 0 aliphatic carbocycles. The Labute approximate surface area is 106 Å². The van der Waals surface area contributed by atoms with Crippen LogP contribution in [-0.4, -0.2) is 9.55 Å². The summed E-state index contributed by atoms with van der Waals surface area (Å²) in [4.78, 5) is 4.53. The van der Waals surface area contributed by atoms with Crippen molar-refractivity contribution in [1.82, 2.24) is 9.55 Å². The van der Waals surface area contributed by atoms with Crippen molar-refractivity contribution in [2.24, 2.45) is 5.92 Å². The molecule has 2 aromatic rings. The lowest BCUT2D eigenvalue weighted by molar-refractivity contribution is 0.402. The lowest BCUT2D eigenvalue weighted by Crippen LogP contribution is -2.18. The number of nitrogens with zero attached hydrogens (tertiary/aromatic N) is 2. The maximum absolute atomic E-state index is 6.23. The van der Waals surface area contributed by atoms with Gasteiger partial charge in [0, 0.05) is 12.1 Å². The minimum atomic E-state index is 0.677.